The van der Waals surface area contributed by atoms with Gasteiger partial charge >= 0.3 is 0 Å². The Morgan fingerprint density at radius 1 is 1.24 bits per heavy atom. The number of carbonyl (C=O) groups is 1. The fourth-order valence-electron chi connectivity index (χ4n) is 1.97. The average molecular weight is 311 g/mol. The van der Waals surface area contributed by atoms with Crippen LogP contribution in [0.5, 0.6) is 0 Å². The van der Waals surface area contributed by atoms with Crippen LogP contribution in [0.1, 0.15) is 70.4 Å². The lowest BCUT2D eigenvalue weighted by Gasteiger charge is -2.20. The molecule has 4 heteroatoms. The van der Waals surface area contributed by atoms with Crippen LogP contribution in [-0.2, 0) is 5.41 Å². The van der Waals surface area contributed by atoms with E-state index in [-0.39, 0.29) is 17.4 Å². The van der Waals surface area contributed by atoms with E-state index in [1.807, 2.05) is 13.0 Å². The first-order valence-electron chi connectivity index (χ1n) is 7.58. The summed E-state index contributed by atoms with van der Waals surface area (Å²) in [5.74, 6) is 0.563. The standard InChI is InChI=1S/C17H27ClN2O/c1-11(2)7-8-12(3)19-16(21)13-9-14(17(4,5)6)20-15(18)10-13/h9-12H,7-8H2,1-6H3,(H,19,21). The van der Waals surface area contributed by atoms with Gasteiger partial charge in [0.2, 0.25) is 0 Å². The van der Waals surface area contributed by atoms with E-state index in [0.717, 1.165) is 18.5 Å². The van der Waals surface area contributed by atoms with Crippen LogP contribution in [0.2, 0.25) is 5.15 Å². The lowest BCUT2D eigenvalue weighted by molar-refractivity contribution is 0.0937. The molecule has 1 atom stereocenters. The molecule has 0 aliphatic heterocycles. The molecule has 1 heterocycles. The highest BCUT2D eigenvalue weighted by atomic mass is 35.5. The van der Waals surface area contributed by atoms with Crippen molar-refractivity contribution in [3.05, 3.63) is 28.5 Å². The van der Waals surface area contributed by atoms with Gasteiger partial charge in [0.15, 0.2) is 0 Å². The fraction of sp³-hybridized carbons (Fsp3) is 0.647. The molecule has 1 unspecified atom stereocenters. The number of aromatic nitrogens is 1. The third-order valence-corrected chi connectivity index (χ3v) is 3.57. The van der Waals surface area contributed by atoms with E-state index >= 15 is 0 Å². The predicted octanol–water partition coefficient (Wildman–Crippen LogP) is 4.59. The van der Waals surface area contributed by atoms with E-state index in [4.69, 9.17) is 11.6 Å². The van der Waals surface area contributed by atoms with Crippen molar-refractivity contribution in [2.45, 2.75) is 65.8 Å². The van der Waals surface area contributed by atoms with Crippen molar-refractivity contribution in [2.24, 2.45) is 5.92 Å². The van der Waals surface area contributed by atoms with Gasteiger partial charge in [-0.3, -0.25) is 4.79 Å². The molecule has 1 rings (SSSR count). The smallest absolute Gasteiger partial charge is 0.251 e. The Morgan fingerprint density at radius 3 is 2.38 bits per heavy atom. The molecule has 0 aromatic carbocycles. The van der Waals surface area contributed by atoms with Crippen LogP contribution in [0, 0.1) is 5.92 Å². The minimum Gasteiger partial charge on any atom is -0.350 e. The van der Waals surface area contributed by atoms with Gasteiger partial charge in [-0.1, -0.05) is 46.2 Å². The third-order valence-electron chi connectivity index (χ3n) is 3.38. The maximum atomic E-state index is 12.3. The Kier molecular flexibility index (Phi) is 6.21. The molecule has 3 nitrogen and oxygen atoms in total. The molecule has 1 aromatic rings. The number of nitrogens with zero attached hydrogens (tertiary/aromatic N) is 1. The van der Waals surface area contributed by atoms with Gasteiger partial charge in [0, 0.05) is 22.7 Å². The van der Waals surface area contributed by atoms with Gasteiger partial charge in [0.25, 0.3) is 5.91 Å². The van der Waals surface area contributed by atoms with Crippen molar-refractivity contribution >= 4 is 17.5 Å². The van der Waals surface area contributed by atoms with Crippen LogP contribution >= 0.6 is 11.6 Å². The van der Waals surface area contributed by atoms with Crippen LogP contribution in [-0.4, -0.2) is 16.9 Å². The molecule has 1 amide bonds. The van der Waals surface area contributed by atoms with Gasteiger partial charge in [-0.2, -0.15) is 0 Å². The normalized spacial score (nSPS) is 13.3. The minimum absolute atomic E-state index is 0.0824. The van der Waals surface area contributed by atoms with Crippen LogP contribution in [0.4, 0.5) is 0 Å². The highest BCUT2D eigenvalue weighted by molar-refractivity contribution is 6.29. The average Bonchev–Trinajstić information content (AvgIpc) is 2.34. The van der Waals surface area contributed by atoms with Gasteiger partial charge < -0.3 is 5.32 Å². The number of carbonyl (C=O) groups excluding carboxylic acids is 1. The molecule has 1 aromatic heterocycles. The largest absolute Gasteiger partial charge is 0.350 e. The van der Waals surface area contributed by atoms with Crippen LogP contribution in [0.3, 0.4) is 0 Å². The van der Waals surface area contributed by atoms with Crippen LogP contribution in [0.25, 0.3) is 0 Å². The summed E-state index contributed by atoms with van der Waals surface area (Å²) in [6.07, 6.45) is 2.08. The minimum atomic E-state index is -0.136. The van der Waals surface area contributed by atoms with Gasteiger partial charge in [0.1, 0.15) is 5.15 Å². The zero-order chi connectivity index (χ0) is 16.2. The van der Waals surface area contributed by atoms with Crippen molar-refractivity contribution in [1.82, 2.24) is 10.3 Å². The number of rotatable bonds is 5. The zero-order valence-electron chi connectivity index (χ0n) is 14.0. The second-order valence-corrected chi connectivity index (χ2v) is 7.55. The molecule has 0 aliphatic carbocycles. The van der Waals surface area contributed by atoms with E-state index in [9.17, 15) is 4.79 Å². The predicted molar refractivity (Wildman–Crippen MR) is 88.9 cm³/mol. The van der Waals surface area contributed by atoms with Gasteiger partial charge in [-0.15, -0.1) is 0 Å². The number of nitrogens with one attached hydrogen (secondary N) is 1. The molecule has 21 heavy (non-hydrogen) atoms. The molecular formula is C17H27ClN2O. The van der Waals surface area contributed by atoms with E-state index in [0.29, 0.717) is 16.6 Å². The van der Waals surface area contributed by atoms with Crippen LogP contribution in [0.15, 0.2) is 12.1 Å². The van der Waals surface area contributed by atoms with E-state index < -0.39 is 0 Å². The fourth-order valence-corrected chi connectivity index (χ4v) is 2.18. The summed E-state index contributed by atoms with van der Waals surface area (Å²) >= 11 is 6.05. The maximum absolute atomic E-state index is 12.3. The van der Waals surface area contributed by atoms with Gasteiger partial charge in [-0.05, 0) is 37.8 Å². The number of hydrogen-bond donors (Lipinski definition) is 1. The topological polar surface area (TPSA) is 42.0 Å². The number of amides is 1. The monoisotopic (exact) mass is 310 g/mol. The first kappa shape index (κ1) is 18.0. The van der Waals surface area contributed by atoms with Crippen molar-refractivity contribution in [3.8, 4) is 0 Å². The Labute approximate surface area is 133 Å². The SMILES string of the molecule is CC(C)CCC(C)NC(=O)c1cc(Cl)nc(C(C)(C)C)c1. The molecule has 0 saturated heterocycles. The number of hydrogen-bond acceptors (Lipinski definition) is 2. The summed E-state index contributed by atoms with van der Waals surface area (Å²) in [6.45, 7) is 12.6. The number of pyridine rings is 1. The quantitative estimate of drug-likeness (QED) is 0.808. The lowest BCUT2D eigenvalue weighted by atomic mass is 9.91. The summed E-state index contributed by atoms with van der Waals surface area (Å²) in [5, 5.41) is 3.40. The summed E-state index contributed by atoms with van der Waals surface area (Å²) in [6, 6.07) is 3.61. The first-order chi connectivity index (χ1) is 9.59. The molecule has 0 aliphatic rings. The maximum Gasteiger partial charge on any atom is 0.251 e. The molecule has 1 N–H and O–H groups in total. The second kappa shape index (κ2) is 7.26. The Morgan fingerprint density at radius 2 is 1.86 bits per heavy atom. The van der Waals surface area contributed by atoms with Gasteiger partial charge in [0.05, 0.1) is 0 Å². The zero-order valence-corrected chi connectivity index (χ0v) is 14.7. The Balaban J connectivity index is 2.81. The van der Waals surface area contributed by atoms with E-state index in [1.54, 1.807) is 6.07 Å². The highest BCUT2D eigenvalue weighted by Crippen LogP contribution is 2.23. The Bertz CT molecular complexity index is 492. The molecular weight excluding hydrogens is 284 g/mol. The van der Waals surface area contributed by atoms with Gasteiger partial charge in [-0.25, -0.2) is 4.98 Å². The molecule has 0 fully saturated rings. The van der Waals surface area contributed by atoms with E-state index in [2.05, 4.69) is 44.9 Å². The van der Waals surface area contributed by atoms with Crippen molar-refractivity contribution in [1.29, 1.82) is 0 Å². The lowest BCUT2D eigenvalue weighted by Crippen LogP contribution is -2.33. The van der Waals surface area contributed by atoms with Crippen LogP contribution < -0.4 is 5.32 Å². The van der Waals surface area contributed by atoms with Crippen molar-refractivity contribution in [3.63, 3.8) is 0 Å². The molecule has 0 spiro atoms. The number of halogens is 1. The first-order valence-corrected chi connectivity index (χ1v) is 7.96. The summed E-state index contributed by atoms with van der Waals surface area (Å²) < 4.78 is 0. The molecule has 0 bridgehead atoms. The second-order valence-electron chi connectivity index (χ2n) is 7.16. The van der Waals surface area contributed by atoms with Crippen molar-refractivity contribution < 1.29 is 4.79 Å². The third kappa shape index (κ3) is 6.04. The summed E-state index contributed by atoms with van der Waals surface area (Å²) in [4.78, 5) is 16.6. The molecule has 0 saturated carbocycles. The molecule has 118 valence electrons. The Hall–Kier alpha value is -1.09. The highest BCUT2D eigenvalue weighted by Gasteiger charge is 2.19. The van der Waals surface area contributed by atoms with E-state index in [1.165, 1.54) is 0 Å². The van der Waals surface area contributed by atoms with Crippen molar-refractivity contribution in [2.75, 3.05) is 0 Å². The summed E-state index contributed by atoms with van der Waals surface area (Å²) in [7, 11) is 0. The molecule has 0 radical (unpaired) electrons. The summed E-state index contributed by atoms with van der Waals surface area (Å²) in [5.41, 5.74) is 1.27.